The van der Waals surface area contributed by atoms with Crippen molar-refractivity contribution in [1.29, 1.82) is 0 Å². The molecule has 3 rings (SSSR count). The van der Waals surface area contributed by atoms with E-state index < -0.39 is 11.5 Å². The van der Waals surface area contributed by atoms with E-state index in [0.717, 1.165) is 4.47 Å². The first-order chi connectivity index (χ1) is 13.9. The number of carbonyl (C=O) groups excluding carboxylic acids is 1. The van der Waals surface area contributed by atoms with E-state index in [0.29, 0.717) is 16.9 Å². The molecule has 0 spiro atoms. The number of hydrogen-bond donors (Lipinski definition) is 2. The lowest BCUT2D eigenvalue weighted by atomic mass is 10.2. The Hall–Kier alpha value is -3.04. The molecular formula is C20H16BrN3O4S. The van der Waals surface area contributed by atoms with Crippen LogP contribution in [0.5, 0.6) is 5.88 Å². The van der Waals surface area contributed by atoms with Crippen LogP contribution in [-0.2, 0) is 4.74 Å². The Morgan fingerprint density at radius 1 is 1.24 bits per heavy atom. The molecule has 9 heteroatoms. The highest BCUT2D eigenvalue weighted by atomic mass is 79.9. The molecule has 7 nitrogen and oxygen atoms in total. The Morgan fingerprint density at radius 3 is 2.52 bits per heavy atom. The molecule has 0 aliphatic carbocycles. The summed E-state index contributed by atoms with van der Waals surface area (Å²) < 4.78 is 7.20. The zero-order chi connectivity index (χ0) is 21.0. The van der Waals surface area contributed by atoms with Crippen molar-refractivity contribution in [2.24, 2.45) is 4.99 Å². The zero-order valence-electron chi connectivity index (χ0n) is 15.3. The first-order valence-electron chi connectivity index (χ1n) is 8.56. The first-order valence-corrected chi connectivity index (χ1v) is 9.76. The number of halogens is 1. The topological polar surface area (TPSA) is 96.7 Å². The van der Waals surface area contributed by atoms with Crippen molar-refractivity contribution in [1.82, 2.24) is 9.55 Å². The fraction of sp³-hybridized carbons (Fsp3) is 0.100. The summed E-state index contributed by atoms with van der Waals surface area (Å²) in [5.74, 6) is -0.748. The minimum absolute atomic E-state index is 0.0454. The SMILES string of the molecule is CCOC(=O)c1ccc(N=Cc2c(O)n(-c3ccc(Br)cc3)c(=S)[nH]c2=O)cc1. The van der Waals surface area contributed by atoms with Gasteiger partial charge in [-0.15, -0.1) is 0 Å². The molecule has 1 aromatic heterocycles. The van der Waals surface area contributed by atoms with Crippen LogP contribution in [0.25, 0.3) is 5.69 Å². The van der Waals surface area contributed by atoms with Gasteiger partial charge in [-0.25, -0.2) is 4.79 Å². The number of aliphatic imine (C=N–C) groups is 1. The van der Waals surface area contributed by atoms with E-state index in [1.165, 1.54) is 10.8 Å². The number of benzene rings is 2. The van der Waals surface area contributed by atoms with E-state index in [4.69, 9.17) is 17.0 Å². The molecule has 0 radical (unpaired) electrons. The van der Waals surface area contributed by atoms with Gasteiger partial charge < -0.3 is 9.84 Å². The predicted molar refractivity (Wildman–Crippen MR) is 116 cm³/mol. The maximum absolute atomic E-state index is 12.3. The molecule has 0 unspecified atom stereocenters. The Labute approximate surface area is 179 Å². The van der Waals surface area contributed by atoms with Crippen LogP contribution in [-0.4, -0.2) is 33.4 Å². The van der Waals surface area contributed by atoms with Crippen LogP contribution in [0.4, 0.5) is 5.69 Å². The van der Waals surface area contributed by atoms with Gasteiger partial charge in [-0.05, 0) is 67.7 Å². The van der Waals surface area contributed by atoms with Crippen molar-refractivity contribution in [3.05, 3.63) is 79.3 Å². The van der Waals surface area contributed by atoms with Crippen molar-refractivity contribution >= 4 is 46.0 Å². The van der Waals surface area contributed by atoms with Gasteiger partial charge in [0.2, 0.25) is 5.88 Å². The molecule has 1 heterocycles. The van der Waals surface area contributed by atoms with Crippen LogP contribution in [0.1, 0.15) is 22.8 Å². The largest absolute Gasteiger partial charge is 0.494 e. The molecule has 0 saturated carbocycles. The number of aromatic hydroxyl groups is 1. The molecule has 3 aromatic rings. The second kappa shape index (κ2) is 8.97. The van der Waals surface area contributed by atoms with Crippen molar-refractivity contribution in [3.8, 4) is 11.6 Å². The zero-order valence-corrected chi connectivity index (χ0v) is 17.7. The molecule has 0 saturated heterocycles. The Bertz CT molecular complexity index is 1180. The van der Waals surface area contributed by atoms with Gasteiger partial charge >= 0.3 is 5.97 Å². The highest BCUT2D eigenvalue weighted by molar-refractivity contribution is 9.10. The van der Waals surface area contributed by atoms with E-state index in [-0.39, 0.29) is 22.8 Å². The summed E-state index contributed by atoms with van der Waals surface area (Å²) in [5.41, 5.74) is 0.869. The standard InChI is InChI=1S/C20H16BrN3O4S/c1-2-28-19(27)12-3-7-14(8-4-12)22-11-16-17(25)23-20(29)24(18(16)26)15-9-5-13(21)6-10-15/h3-11,26H,2H2,1H3,(H,23,25,29). The molecule has 148 valence electrons. The van der Waals surface area contributed by atoms with Gasteiger partial charge in [0.1, 0.15) is 5.56 Å². The average Bonchev–Trinajstić information content (AvgIpc) is 2.69. The van der Waals surface area contributed by atoms with Gasteiger partial charge in [-0.2, -0.15) is 0 Å². The minimum atomic E-state index is -0.562. The summed E-state index contributed by atoms with van der Waals surface area (Å²) in [6, 6.07) is 13.4. The summed E-state index contributed by atoms with van der Waals surface area (Å²) in [6.45, 7) is 2.02. The number of nitrogens with one attached hydrogen (secondary N) is 1. The van der Waals surface area contributed by atoms with E-state index in [2.05, 4.69) is 25.9 Å². The van der Waals surface area contributed by atoms with Gasteiger partial charge in [-0.3, -0.25) is 19.3 Å². The second-order valence-corrected chi connectivity index (χ2v) is 7.14. The smallest absolute Gasteiger partial charge is 0.338 e. The second-order valence-electron chi connectivity index (χ2n) is 5.83. The van der Waals surface area contributed by atoms with Gasteiger partial charge in [0.15, 0.2) is 4.77 Å². The van der Waals surface area contributed by atoms with Gasteiger partial charge in [-0.1, -0.05) is 15.9 Å². The molecule has 2 N–H and O–H groups in total. The van der Waals surface area contributed by atoms with Crippen LogP contribution in [0.2, 0.25) is 0 Å². The number of hydrogen-bond acceptors (Lipinski definition) is 6. The molecular weight excluding hydrogens is 458 g/mol. The number of H-pyrrole nitrogens is 1. The average molecular weight is 474 g/mol. The maximum atomic E-state index is 12.3. The van der Waals surface area contributed by atoms with E-state index >= 15 is 0 Å². The summed E-state index contributed by atoms with van der Waals surface area (Å²) >= 11 is 8.54. The third-order valence-corrected chi connectivity index (χ3v) is 4.74. The lowest BCUT2D eigenvalue weighted by molar-refractivity contribution is 0.0526. The molecule has 0 atom stereocenters. The Kier molecular flexibility index (Phi) is 6.40. The molecule has 0 aliphatic heterocycles. The molecule has 0 amide bonds. The number of ether oxygens (including phenoxy) is 1. The predicted octanol–water partition coefficient (Wildman–Crippen LogP) is 4.29. The first kappa shape index (κ1) is 20.7. The van der Waals surface area contributed by atoms with Crippen LogP contribution >= 0.6 is 28.1 Å². The maximum Gasteiger partial charge on any atom is 0.338 e. The van der Waals surface area contributed by atoms with Crippen molar-refractivity contribution in [3.63, 3.8) is 0 Å². The highest BCUT2D eigenvalue weighted by Crippen LogP contribution is 2.21. The Morgan fingerprint density at radius 2 is 1.90 bits per heavy atom. The molecule has 0 aliphatic rings. The fourth-order valence-corrected chi connectivity index (χ4v) is 3.07. The van der Waals surface area contributed by atoms with Gasteiger partial charge in [0.05, 0.1) is 23.5 Å². The van der Waals surface area contributed by atoms with Crippen molar-refractivity contribution in [2.75, 3.05) is 6.61 Å². The summed E-state index contributed by atoms with van der Waals surface area (Å²) in [7, 11) is 0. The van der Waals surface area contributed by atoms with Crippen LogP contribution in [0, 0.1) is 4.77 Å². The monoisotopic (exact) mass is 473 g/mol. The molecule has 0 bridgehead atoms. The normalized spacial score (nSPS) is 11.0. The summed E-state index contributed by atoms with van der Waals surface area (Å²) in [5, 5.41) is 10.6. The van der Waals surface area contributed by atoms with Crippen LogP contribution in [0.3, 0.4) is 0 Å². The number of esters is 1. The van der Waals surface area contributed by atoms with E-state index in [1.54, 1.807) is 55.5 Å². The van der Waals surface area contributed by atoms with Crippen molar-refractivity contribution in [2.45, 2.75) is 6.92 Å². The van der Waals surface area contributed by atoms with Crippen LogP contribution < -0.4 is 5.56 Å². The van der Waals surface area contributed by atoms with Crippen LogP contribution in [0.15, 0.2) is 62.8 Å². The number of carbonyl (C=O) groups is 1. The third-order valence-electron chi connectivity index (χ3n) is 3.93. The van der Waals surface area contributed by atoms with Gasteiger partial charge in [0, 0.05) is 10.7 Å². The number of aromatic nitrogens is 2. The van der Waals surface area contributed by atoms with Gasteiger partial charge in [0.25, 0.3) is 5.56 Å². The lowest BCUT2D eigenvalue weighted by Crippen LogP contribution is -2.18. The Balaban J connectivity index is 1.96. The summed E-state index contributed by atoms with van der Waals surface area (Å²) in [4.78, 5) is 30.7. The highest BCUT2D eigenvalue weighted by Gasteiger charge is 2.12. The summed E-state index contributed by atoms with van der Waals surface area (Å²) in [6.07, 6.45) is 1.25. The van der Waals surface area contributed by atoms with E-state index in [1.807, 2.05) is 0 Å². The lowest BCUT2D eigenvalue weighted by Gasteiger charge is -2.11. The van der Waals surface area contributed by atoms with E-state index in [9.17, 15) is 14.7 Å². The third kappa shape index (κ3) is 4.69. The molecule has 29 heavy (non-hydrogen) atoms. The molecule has 0 fully saturated rings. The quantitative estimate of drug-likeness (QED) is 0.327. The number of aromatic amines is 1. The fourth-order valence-electron chi connectivity index (χ4n) is 2.52. The minimum Gasteiger partial charge on any atom is -0.494 e. The molecule has 2 aromatic carbocycles. The van der Waals surface area contributed by atoms with Crippen molar-refractivity contribution < 1.29 is 14.6 Å². The number of rotatable bonds is 5. The number of nitrogens with zero attached hydrogens (tertiary/aromatic N) is 2.